The van der Waals surface area contributed by atoms with Gasteiger partial charge in [-0.25, -0.2) is 8.42 Å². The molecule has 0 saturated heterocycles. The molecule has 1 amide bonds. The number of aromatic nitrogens is 1. The Kier molecular flexibility index (Phi) is 9.14. The Labute approximate surface area is 221 Å². The molecule has 0 aliphatic carbocycles. The van der Waals surface area contributed by atoms with Crippen molar-refractivity contribution in [3.8, 4) is 11.3 Å². The number of pyridine rings is 1. The molecule has 0 fully saturated rings. The number of hydrogen-bond donors (Lipinski definition) is 1. The van der Waals surface area contributed by atoms with Crippen LogP contribution in [0, 0.1) is 0 Å². The first-order valence-electron chi connectivity index (χ1n) is 10.9. The molecule has 0 atom stereocenters. The molecule has 0 unspecified atom stereocenters. The molecular formula is C26H26Cl2N4O3S. The number of hydrogen-bond acceptors (Lipinski definition) is 5. The van der Waals surface area contributed by atoms with E-state index in [1.807, 2.05) is 24.1 Å². The third-order valence-electron chi connectivity index (χ3n) is 5.18. The zero-order valence-electron chi connectivity index (χ0n) is 19.9. The molecule has 0 aliphatic rings. The van der Waals surface area contributed by atoms with Crippen LogP contribution in [0.1, 0.15) is 10.4 Å². The van der Waals surface area contributed by atoms with Crippen LogP contribution in [0.15, 0.2) is 85.7 Å². The Balaban J connectivity index is 1.80. The van der Waals surface area contributed by atoms with Gasteiger partial charge in [-0.1, -0.05) is 41.9 Å². The van der Waals surface area contributed by atoms with Crippen molar-refractivity contribution in [2.24, 2.45) is 0 Å². The Morgan fingerprint density at radius 1 is 1.08 bits per heavy atom. The second kappa shape index (κ2) is 12.1. The standard InChI is InChI=1S/C26H26Cl2N4O3S/c1-4-5-14-31(2)15-16-32(36(3,34)35)20-10-11-21(24(28)18-20)26(33)30-19-9-12-23(27)22(17-19)25-8-6-7-13-29-25/h4-14,17-18H,1,15-16H2,2-3H3,(H,30,33)/b14-5-. The number of amides is 1. The van der Waals surface area contributed by atoms with Crippen molar-refractivity contribution in [2.45, 2.75) is 0 Å². The minimum atomic E-state index is -3.58. The summed E-state index contributed by atoms with van der Waals surface area (Å²) < 4.78 is 26.1. The summed E-state index contributed by atoms with van der Waals surface area (Å²) in [6.07, 6.45) is 7.98. The van der Waals surface area contributed by atoms with Crippen molar-refractivity contribution in [1.82, 2.24) is 9.88 Å². The van der Waals surface area contributed by atoms with Crippen LogP contribution in [0.4, 0.5) is 11.4 Å². The van der Waals surface area contributed by atoms with Gasteiger partial charge in [0.05, 0.1) is 39.8 Å². The fourth-order valence-corrected chi connectivity index (χ4v) is 4.77. The van der Waals surface area contributed by atoms with Gasteiger partial charge in [0.2, 0.25) is 10.0 Å². The summed E-state index contributed by atoms with van der Waals surface area (Å²) in [6, 6.07) is 15.1. The summed E-state index contributed by atoms with van der Waals surface area (Å²) >= 11 is 12.7. The molecule has 1 heterocycles. The highest BCUT2D eigenvalue weighted by Gasteiger charge is 2.20. The van der Waals surface area contributed by atoms with Gasteiger partial charge >= 0.3 is 0 Å². The molecule has 0 saturated carbocycles. The number of likely N-dealkylation sites (N-methyl/N-ethyl adjacent to an activating group) is 1. The van der Waals surface area contributed by atoms with Gasteiger partial charge in [-0.05, 0) is 60.8 Å². The van der Waals surface area contributed by atoms with E-state index in [-0.39, 0.29) is 17.1 Å². The van der Waals surface area contributed by atoms with E-state index in [4.69, 9.17) is 23.2 Å². The molecule has 7 nitrogen and oxygen atoms in total. The fraction of sp³-hybridized carbons (Fsp3) is 0.154. The average molecular weight is 545 g/mol. The van der Waals surface area contributed by atoms with E-state index in [1.165, 1.54) is 16.4 Å². The smallest absolute Gasteiger partial charge is 0.257 e. The van der Waals surface area contributed by atoms with E-state index >= 15 is 0 Å². The third-order valence-corrected chi connectivity index (χ3v) is 7.02. The molecule has 1 N–H and O–H groups in total. The minimum absolute atomic E-state index is 0.123. The Bertz CT molecular complexity index is 1380. The lowest BCUT2D eigenvalue weighted by Gasteiger charge is -2.25. The maximum atomic E-state index is 13.0. The molecule has 188 valence electrons. The topological polar surface area (TPSA) is 82.6 Å². The van der Waals surface area contributed by atoms with Crippen LogP contribution in [0.3, 0.4) is 0 Å². The van der Waals surface area contributed by atoms with E-state index < -0.39 is 15.9 Å². The number of sulfonamides is 1. The molecule has 36 heavy (non-hydrogen) atoms. The van der Waals surface area contributed by atoms with Gasteiger partial charge < -0.3 is 10.2 Å². The first-order valence-corrected chi connectivity index (χ1v) is 13.5. The molecular weight excluding hydrogens is 519 g/mol. The molecule has 2 aromatic carbocycles. The van der Waals surface area contributed by atoms with E-state index in [9.17, 15) is 13.2 Å². The summed E-state index contributed by atoms with van der Waals surface area (Å²) in [5.74, 6) is -0.443. The highest BCUT2D eigenvalue weighted by molar-refractivity contribution is 7.92. The van der Waals surface area contributed by atoms with Gasteiger partial charge in [-0.2, -0.15) is 0 Å². The monoisotopic (exact) mass is 544 g/mol. The quantitative estimate of drug-likeness (QED) is 0.331. The van der Waals surface area contributed by atoms with Crippen LogP contribution in [0.25, 0.3) is 11.3 Å². The van der Waals surface area contributed by atoms with Crippen LogP contribution >= 0.6 is 23.2 Å². The van der Waals surface area contributed by atoms with Crippen LogP contribution in [-0.4, -0.2) is 50.6 Å². The molecule has 3 aromatic rings. The van der Waals surface area contributed by atoms with Crippen molar-refractivity contribution in [2.75, 3.05) is 36.0 Å². The highest BCUT2D eigenvalue weighted by atomic mass is 35.5. The van der Waals surface area contributed by atoms with Crippen LogP contribution in [0.2, 0.25) is 10.0 Å². The number of anilines is 2. The number of allylic oxidation sites excluding steroid dienone is 2. The summed E-state index contributed by atoms with van der Waals surface area (Å²) in [4.78, 5) is 19.1. The molecule has 0 aliphatic heterocycles. The number of carbonyl (C=O) groups excluding carboxylic acids is 1. The number of benzene rings is 2. The Morgan fingerprint density at radius 2 is 1.86 bits per heavy atom. The highest BCUT2D eigenvalue weighted by Crippen LogP contribution is 2.30. The summed E-state index contributed by atoms with van der Waals surface area (Å²) in [7, 11) is -1.75. The molecule has 0 spiro atoms. The van der Waals surface area contributed by atoms with Crippen LogP contribution < -0.4 is 9.62 Å². The summed E-state index contributed by atoms with van der Waals surface area (Å²) in [6.45, 7) is 4.25. The second-order valence-corrected chi connectivity index (χ2v) is 10.6. The van der Waals surface area contributed by atoms with E-state index in [0.717, 1.165) is 6.26 Å². The van der Waals surface area contributed by atoms with Crippen LogP contribution in [-0.2, 0) is 10.0 Å². The second-order valence-electron chi connectivity index (χ2n) is 7.92. The predicted octanol–water partition coefficient (Wildman–Crippen LogP) is 5.71. The van der Waals surface area contributed by atoms with E-state index in [1.54, 1.807) is 54.9 Å². The lowest BCUT2D eigenvalue weighted by molar-refractivity contribution is 0.102. The van der Waals surface area contributed by atoms with Crippen molar-refractivity contribution < 1.29 is 13.2 Å². The van der Waals surface area contributed by atoms with Gasteiger partial charge in [-0.15, -0.1) is 0 Å². The van der Waals surface area contributed by atoms with Gasteiger partial charge in [-0.3, -0.25) is 14.1 Å². The largest absolute Gasteiger partial charge is 0.379 e. The normalized spacial score (nSPS) is 11.3. The number of rotatable bonds is 10. The van der Waals surface area contributed by atoms with Gasteiger partial charge in [0, 0.05) is 31.0 Å². The Hall–Kier alpha value is -3.33. The van der Waals surface area contributed by atoms with E-state index in [2.05, 4.69) is 16.9 Å². The van der Waals surface area contributed by atoms with Gasteiger partial charge in [0.15, 0.2) is 0 Å². The van der Waals surface area contributed by atoms with E-state index in [0.29, 0.717) is 34.2 Å². The van der Waals surface area contributed by atoms with Gasteiger partial charge in [0.25, 0.3) is 5.91 Å². The zero-order valence-corrected chi connectivity index (χ0v) is 22.2. The molecule has 1 aromatic heterocycles. The van der Waals surface area contributed by atoms with Crippen molar-refractivity contribution in [3.63, 3.8) is 0 Å². The van der Waals surface area contributed by atoms with Crippen LogP contribution in [0.5, 0.6) is 0 Å². The van der Waals surface area contributed by atoms with Gasteiger partial charge in [0.1, 0.15) is 0 Å². The third kappa shape index (κ3) is 7.10. The molecule has 0 bridgehead atoms. The lowest BCUT2D eigenvalue weighted by Crippen LogP contribution is -2.35. The summed E-state index contributed by atoms with van der Waals surface area (Å²) in [5, 5.41) is 3.43. The predicted molar refractivity (Wildman–Crippen MR) is 148 cm³/mol. The number of carbonyl (C=O) groups is 1. The maximum absolute atomic E-state index is 13.0. The van der Waals surface area contributed by atoms with Crippen molar-refractivity contribution in [3.05, 3.63) is 101 Å². The minimum Gasteiger partial charge on any atom is -0.379 e. The number of nitrogens with zero attached hydrogens (tertiary/aromatic N) is 3. The average Bonchev–Trinajstić information content (AvgIpc) is 2.83. The number of nitrogens with one attached hydrogen (secondary N) is 1. The zero-order chi connectivity index (χ0) is 26.3. The maximum Gasteiger partial charge on any atom is 0.257 e. The summed E-state index contributed by atoms with van der Waals surface area (Å²) in [5.41, 5.74) is 2.43. The molecule has 10 heteroatoms. The fourth-order valence-electron chi connectivity index (χ4n) is 3.38. The SMILES string of the molecule is C=C/C=C\N(C)CCN(c1ccc(C(=O)Nc2ccc(Cl)c(-c3ccccn3)c2)c(Cl)c1)S(C)(=O)=O. The lowest BCUT2D eigenvalue weighted by atomic mass is 10.1. The Morgan fingerprint density at radius 3 is 2.50 bits per heavy atom. The van der Waals surface area contributed by atoms with Crippen molar-refractivity contribution >= 4 is 50.5 Å². The molecule has 3 rings (SSSR count). The molecule has 0 radical (unpaired) electrons. The number of halogens is 2. The first kappa shape index (κ1) is 27.3. The first-order chi connectivity index (χ1) is 17.1. The van der Waals surface area contributed by atoms with Crippen molar-refractivity contribution in [1.29, 1.82) is 0 Å².